The quantitative estimate of drug-likeness (QED) is 0.293. The van der Waals surface area contributed by atoms with Crippen LogP contribution in [0.15, 0.2) is 60.7 Å². The van der Waals surface area contributed by atoms with Gasteiger partial charge in [-0.1, -0.05) is 70.7 Å². The maximum atomic E-state index is 12.5. The van der Waals surface area contributed by atoms with Gasteiger partial charge in [0.15, 0.2) is 12.2 Å². The molecule has 0 saturated heterocycles. The standard InChI is InChI=1S/C26H24Cl4N2O4/c1-15(35-23-8-6-19(27)11-21(23)29)25(33)31-13-17-4-3-5-18(10-17)14-32-26(34)16(2)36-24-9-7-20(28)12-22(24)30/h3-12,15-16H,13-14H2,1-2H3,(H,31,33)(H,32,34). The molecule has 2 amide bonds. The molecule has 190 valence electrons. The van der Waals surface area contributed by atoms with E-state index < -0.39 is 12.2 Å². The third kappa shape index (κ3) is 8.20. The van der Waals surface area contributed by atoms with Crippen LogP contribution in [0.2, 0.25) is 20.1 Å². The first kappa shape index (κ1) is 27.9. The summed E-state index contributed by atoms with van der Waals surface area (Å²) >= 11 is 24.0. The average Bonchev–Trinajstić information content (AvgIpc) is 2.84. The van der Waals surface area contributed by atoms with E-state index in [0.717, 1.165) is 11.1 Å². The predicted octanol–water partition coefficient (Wildman–Crippen LogP) is 6.47. The van der Waals surface area contributed by atoms with Crippen molar-refractivity contribution in [1.82, 2.24) is 10.6 Å². The van der Waals surface area contributed by atoms with E-state index in [2.05, 4.69) is 10.6 Å². The van der Waals surface area contributed by atoms with Gasteiger partial charge < -0.3 is 20.1 Å². The summed E-state index contributed by atoms with van der Waals surface area (Å²) in [5.41, 5.74) is 1.73. The Morgan fingerprint density at radius 1 is 0.694 bits per heavy atom. The smallest absolute Gasteiger partial charge is 0.261 e. The number of ether oxygens (including phenoxy) is 2. The SMILES string of the molecule is CC(Oc1ccc(Cl)cc1Cl)C(=O)NCc1cccc(CNC(=O)C(C)Oc2ccc(Cl)cc2Cl)c1. The molecule has 0 radical (unpaired) electrons. The maximum Gasteiger partial charge on any atom is 0.261 e. The maximum absolute atomic E-state index is 12.5. The second kappa shape index (κ2) is 13.1. The van der Waals surface area contributed by atoms with Crippen molar-refractivity contribution in [3.63, 3.8) is 0 Å². The van der Waals surface area contributed by atoms with Crippen molar-refractivity contribution >= 4 is 58.2 Å². The van der Waals surface area contributed by atoms with Gasteiger partial charge in [0, 0.05) is 23.1 Å². The van der Waals surface area contributed by atoms with Crippen LogP contribution >= 0.6 is 46.4 Å². The summed E-state index contributed by atoms with van der Waals surface area (Å²) < 4.78 is 11.3. The molecule has 3 aromatic rings. The number of carbonyl (C=O) groups excluding carboxylic acids is 2. The van der Waals surface area contributed by atoms with Gasteiger partial charge in [0.25, 0.3) is 11.8 Å². The van der Waals surface area contributed by atoms with Crippen molar-refractivity contribution in [2.24, 2.45) is 0 Å². The van der Waals surface area contributed by atoms with Gasteiger partial charge in [-0.25, -0.2) is 0 Å². The van der Waals surface area contributed by atoms with Gasteiger partial charge in [0.05, 0.1) is 10.0 Å². The van der Waals surface area contributed by atoms with Crippen LogP contribution in [0.4, 0.5) is 0 Å². The normalized spacial score (nSPS) is 12.4. The van der Waals surface area contributed by atoms with Crippen molar-refractivity contribution in [1.29, 1.82) is 0 Å². The minimum atomic E-state index is -0.762. The minimum Gasteiger partial charge on any atom is -0.479 e. The third-order valence-corrected chi connectivity index (χ3v) is 6.12. The van der Waals surface area contributed by atoms with Crippen LogP contribution in [0.5, 0.6) is 11.5 Å². The molecule has 2 atom stereocenters. The lowest BCUT2D eigenvalue weighted by atomic mass is 10.1. The Labute approximate surface area is 229 Å². The number of hydrogen-bond donors (Lipinski definition) is 2. The monoisotopic (exact) mass is 568 g/mol. The zero-order chi connectivity index (χ0) is 26.2. The minimum absolute atomic E-state index is 0.289. The Balaban J connectivity index is 1.48. The molecular formula is C26H24Cl4N2O4. The summed E-state index contributed by atoms with van der Waals surface area (Å²) in [6.45, 7) is 3.84. The topological polar surface area (TPSA) is 76.7 Å². The first-order valence-corrected chi connectivity index (χ1v) is 12.5. The van der Waals surface area contributed by atoms with E-state index in [1.807, 2.05) is 24.3 Å². The van der Waals surface area contributed by atoms with Crippen LogP contribution in [-0.4, -0.2) is 24.0 Å². The molecule has 6 nitrogen and oxygen atoms in total. The molecule has 2 unspecified atom stereocenters. The second-order valence-electron chi connectivity index (χ2n) is 7.93. The summed E-state index contributed by atoms with van der Waals surface area (Å²) in [6.07, 6.45) is -1.52. The Morgan fingerprint density at radius 3 is 1.50 bits per heavy atom. The van der Waals surface area contributed by atoms with Crippen LogP contribution in [-0.2, 0) is 22.7 Å². The molecule has 2 N–H and O–H groups in total. The highest BCUT2D eigenvalue weighted by molar-refractivity contribution is 6.36. The van der Waals surface area contributed by atoms with E-state index in [1.165, 1.54) is 0 Å². The van der Waals surface area contributed by atoms with E-state index in [1.54, 1.807) is 50.2 Å². The van der Waals surface area contributed by atoms with Gasteiger partial charge in [-0.15, -0.1) is 0 Å². The van der Waals surface area contributed by atoms with Crippen LogP contribution in [0.3, 0.4) is 0 Å². The van der Waals surface area contributed by atoms with Gasteiger partial charge in [0.2, 0.25) is 0 Å². The molecule has 36 heavy (non-hydrogen) atoms. The van der Waals surface area contributed by atoms with E-state index in [-0.39, 0.29) is 24.9 Å². The number of nitrogens with one attached hydrogen (secondary N) is 2. The zero-order valence-electron chi connectivity index (χ0n) is 19.5. The third-order valence-electron chi connectivity index (χ3n) is 5.06. The van der Waals surface area contributed by atoms with E-state index >= 15 is 0 Å². The first-order chi connectivity index (χ1) is 17.1. The molecular weight excluding hydrogens is 546 g/mol. The summed E-state index contributed by atoms with van der Waals surface area (Å²) in [7, 11) is 0. The average molecular weight is 570 g/mol. The van der Waals surface area contributed by atoms with Crippen LogP contribution in [0, 0.1) is 0 Å². The van der Waals surface area contributed by atoms with Crippen molar-refractivity contribution in [2.45, 2.75) is 39.1 Å². The van der Waals surface area contributed by atoms with E-state index in [0.29, 0.717) is 31.6 Å². The van der Waals surface area contributed by atoms with Gasteiger partial charge >= 0.3 is 0 Å². The molecule has 0 aliphatic heterocycles. The summed E-state index contributed by atoms with van der Waals surface area (Å²) in [6, 6.07) is 17.1. The van der Waals surface area contributed by atoms with Crippen LogP contribution in [0.25, 0.3) is 0 Å². The lowest BCUT2D eigenvalue weighted by molar-refractivity contribution is -0.128. The molecule has 0 saturated carbocycles. The fraction of sp³-hybridized carbons (Fsp3) is 0.231. The number of amides is 2. The number of benzene rings is 3. The molecule has 3 rings (SSSR count). The first-order valence-electron chi connectivity index (χ1n) is 11.0. The fourth-order valence-corrected chi connectivity index (χ4v) is 4.05. The molecule has 0 aliphatic carbocycles. The van der Waals surface area contributed by atoms with E-state index in [4.69, 9.17) is 55.9 Å². The largest absolute Gasteiger partial charge is 0.479 e. The lowest BCUT2D eigenvalue weighted by Gasteiger charge is -2.17. The van der Waals surface area contributed by atoms with Crippen molar-refractivity contribution in [3.8, 4) is 11.5 Å². The second-order valence-corrected chi connectivity index (χ2v) is 9.61. The Morgan fingerprint density at radius 2 is 1.11 bits per heavy atom. The van der Waals surface area contributed by atoms with Crippen LogP contribution < -0.4 is 20.1 Å². The van der Waals surface area contributed by atoms with Crippen molar-refractivity contribution in [2.75, 3.05) is 0 Å². The summed E-state index contributed by atoms with van der Waals surface area (Å²) in [4.78, 5) is 24.9. The van der Waals surface area contributed by atoms with Gasteiger partial charge in [0.1, 0.15) is 11.5 Å². The zero-order valence-corrected chi connectivity index (χ0v) is 22.5. The highest BCUT2D eigenvalue weighted by Gasteiger charge is 2.17. The van der Waals surface area contributed by atoms with Crippen molar-refractivity contribution < 1.29 is 19.1 Å². The fourth-order valence-electron chi connectivity index (χ4n) is 3.14. The number of halogens is 4. The summed E-state index contributed by atoms with van der Waals surface area (Å²) in [5, 5.41) is 7.28. The van der Waals surface area contributed by atoms with Crippen LogP contribution in [0.1, 0.15) is 25.0 Å². The van der Waals surface area contributed by atoms with Gasteiger partial charge in [-0.2, -0.15) is 0 Å². The Hall–Kier alpha value is -2.64. The lowest BCUT2D eigenvalue weighted by Crippen LogP contribution is -2.36. The Kier molecular flexibility index (Phi) is 10.1. The molecule has 3 aromatic carbocycles. The predicted molar refractivity (Wildman–Crippen MR) is 143 cm³/mol. The summed E-state index contributed by atoms with van der Waals surface area (Å²) in [5.74, 6) is 0.147. The van der Waals surface area contributed by atoms with E-state index in [9.17, 15) is 9.59 Å². The number of carbonyl (C=O) groups is 2. The number of rotatable bonds is 10. The van der Waals surface area contributed by atoms with Gasteiger partial charge in [-0.05, 0) is 61.4 Å². The molecule has 0 aliphatic rings. The molecule has 0 spiro atoms. The molecule has 0 heterocycles. The molecule has 0 fully saturated rings. The molecule has 0 aromatic heterocycles. The molecule has 10 heteroatoms. The Bertz CT molecular complexity index is 1150. The highest BCUT2D eigenvalue weighted by atomic mass is 35.5. The van der Waals surface area contributed by atoms with Gasteiger partial charge in [-0.3, -0.25) is 9.59 Å². The number of hydrogen-bond acceptors (Lipinski definition) is 4. The molecule has 0 bridgehead atoms. The van der Waals surface area contributed by atoms with Crippen molar-refractivity contribution in [3.05, 3.63) is 91.9 Å². The highest BCUT2D eigenvalue weighted by Crippen LogP contribution is 2.29.